The minimum atomic E-state index is -0.103. The number of carbonyl (C=O) groups is 1. The number of nitrogens with zero attached hydrogens (tertiary/aromatic N) is 4. The Balaban J connectivity index is 1.89. The molecule has 3 heterocycles. The summed E-state index contributed by atoms with van der Waals surface area (Å²) in [6, 6.07) is 7.43. The van der Waals surface area contributed by atoms with E-state index >= 15 is 0 Å². The number of carbonyl (C=O) groups excluding carboxylic acids is 1. The molecule has 6 nitrogen and oxygen atoms in total. The molecular formula is C18H21N5O. The van der Waals surface area contributed by atoms with Gasteiger partial charge in [0.2, 0.25) is 5.91 Å². The molecule has 124 valence electrons. The third kappa shape index (κ3) is 3.59. The lowest BCUT2D eigenvalue weighted by Crippen LogP contribution is -2.38. The molecule has 2 aromatic rings. The van der Waals surface area contributed by atoms with E-state index in [1.165, 1.54) is 6.08 Å². The highest BCUT2D eigenvalue weighted by atomic mass is 16.2. The molecule has 1 unspecified atom stereocenters. The zero-order valence-electron chi connectivity index (χ0n) is 13.8. The van der Waals surface area contributed by atoms with Crippen LogP contribution in [0.4, 0.5) is 11.6 Å². The lowest BCUT2D eigenvalue weighted by atomic mass is 10.0. The van der Waals surface area contributed by atoms with Crippen molar-refractivity contribution in [1.82, 2.24) is 19.9 Å². The first-order chi connectivity index (χ1) is 11.7. The molecule has 1 aliphatic rings. The van der Waals surface area contributed by atoms with Crippen molar-refractivity contribution >= 4 is 17.5 Å². The van der Waals surface area contributed by atoms with Gasteiger partial charge in [0.05, 0.1) is 6.04 Å². The predicted molar refractivity (Wildman–Crippen MR) is 92.8 cm³/mol. The van der Waals surface area contributed by atoms with Crippen LogP contribution in [-0.2, 0) is 4.79 Å². The molecule has 1 amide bonds. The first-order valence-electron chi connectivity index (χ1n) is 8.14. The van der Waals surface area contributed by atoms with Gasteiger partial charge in [-0.05, 0) is 44.4 Å². The van der Waals surface area contributed by atoms with Crippen LogP contribution in [0.2, 0.25) is 0 Å². The summed E-state index contributed by atoms with van der Waals surface area (Å²) in [4.78, 5) is 27.4. The zero-order valence-corrected chi connectivity index (χ0v) is 13.8. The van der Waals surface area contributed by atoms with Gasteiger partial charge in [-0.25, -0.2) is 15.0 Å². The molecule has 3 rings (SSSR count). The largest absolute Gasteiger partial charge is 0.329 e. The Morgan fingerprint density at radius 1 is 1.33 bits per heavy atom. The van der Waals surface area contributed by atoms with E-state index in [9.17, 15) is 4.79 Å². The van der Waals surface area contributed by atoms with Gasteiger partial charge in [-0.2, -0.15) is 0 Å². The number of aromatic nitrogens is 3. The molecular weight excluding hydrogens is 302 g/mol. The molecule has 1 aliphatic heterocycles. The Morgan fingerprint density at radius 2 is 2.21 bits per heavy atom. The third-order valence-electron chi connectivity index (χ3n) is 4.05. The molecule has 6 heteroatoms. The Morgan fingerprint density at radius 3 is 2.96 bits per heavy atom. The summed E-state index contributed by atoms with van der Waals surface area (Å²) in [6.07, 6.45) is 6.02. The Bertz CT molecular complexity index is 731. The van der Waals surface area contributed by atoms with Crippen LogP contribution in [-0.4, -0.2) is 32.3 Å². The normalized spacial score (nSPS) is 17.4. The number of likely N-dealkylation sites (tertiary alicyclic amines) is 1. The maximum absolute atomic E-state index is 12.1. The van der Waals surface area contributed by atoms with E-state index in [0.717, 1.165) is 37.3 Å². The molecule has 24 heavy (non-hydrogen) atoms. The number of anilines is 2. The SMILES string of the molecule is C=CC(=O)N1CCCCC1c1nc(C)cc(Nc2ccccn2)n1. The number of hydrogen-bond acceptors (Lipinski definition) is 5. The van der Waals surface area contributed by atoms with Crippen LogP contribution in [0.15, 0.2) is 43.1 Å². The summed E-state index contributed by atoms with van der Waals surface area (Å²) < 4.78 is 0. The number of rotatable bonds is 4. The predicted octanol–water partition coefficient (Wildman–Crippen LogP) is 3.16. The smallest absolute Gasteiger partial charge is 0.246 e. The minimum absolute atomic E-state index is 0.0657. The van der Waals surface area contributed by atoms with Crippen LogP contribution in [0.25, 0.3) is 0 Å². The van der Waals surface area contributed by atoms with E-state index < -0.39 is 0 Å². The molecule has 1 atom stereocenters. The van der Waals surface area contributed by atoms with Gasteiger partial charge in [-0.3, -0.25) is 4.79 Å². The fraction of sp³-hybridized carbons (Fsp3) is 0.333. The molecule has 0 radical (unpaired) electrons. The highest BCUT2D eigenvalue weighted by Crippen LogP contribution is 2.30. The van der Waals surface area contributed by atoms with Crippen LogP contribution in [0.3, 0.4) is 0 Å². The van der Waals surface area contributed by atoms with Gasteiger partial charge in [0.1, 0.15) is 11.6 Å². The van der Waals surface area contributed by atoms with E-state index in [4.69, 9.17) is 0 Å². The van der Waals surface area contributed by atoms with Gasteiger partial charge >= 0.3 is 0 Å². The van der Waals surface area contributed by atoms with Crippen molar-refractivity contribution in [2.24, 2.45) is 0 Å². The average Bonchev–Trinajstić information content (AvgIpc) is 2.61. The highest BCUT2D eigenvalue weighted by Gasteiger charge is 2.29. The van der Waals surface area contributed by atoms with E-state index in [2.05, 4.69) is 26.8 Å². The van der Waals surface area contributed by atoms with Crippen molar-refractivity contribution in [3.05, 3.63) is 54.6 Å². The summed E-state index contributed by atoms with van der Waals surface area (Å²) in [7, 11) is 0. The molecule has 0 saturated carbocycles. The Hall–Kier alpha value is -2.76. The van der Waals surface area contributed by atoms with Gasteiger partial charge in [0, 0.05) is 24.5 Å². The third-order valence-corrected chi connectivity index (χ3v) is 4.05. The quantitative estimate of drug-likeness (QED) is 0.875. The molecule has 0 aromatic carbocycles. The fourth-order valence-electron chi connectivity index (χ4n) is 2.95. The number of nitrogens with one attached hydrogen (secondary N) is 1. The van der Waals surface area contributed by atoms with E-state index in [1.807, 2.05) is 36.1 Å². The summed E-state index contributed by atoms with van der Waals surface area (Å²) in [5.41, 5.74) is 0.856. The van der Waals surface area contributed by atoms with E-state index in [-0.39, 0.29) is 11.9 Å². The summed E-state index contributed by atoms with van der Waals surface area (Å²) in [6.45, 7) is 6.25. The van der Waals surface area contributed by atoms with Crippen molar-refractivity contribution in [2.45, 2.75) is 32.2 Å². The minimum Gasteiger partial charge on any atom is -0.329 e. The average molecular weight is 323 g/mol. The number of hydrogen-bond donors (Lipinski definition) is 1. The molecule has 0 bridgehead atoms. The van der Waals surface area contributed by atoms with Crippen LogP contribution in [0, 0.1) is 6.92 Å². The van der Waals surface area contributed by atoms with Crippen LogP contribution in [0.1, 0.15) is 36.8 Å². The van der Waals surface area contributed by atoms with Crippen LogP contribution < -0.4 is 5.32 Å². The zero-order chi connectivity index (χ0) is 16.9. The first-order valence-corrected chi connectivity index (χ1v) is 8.14. The Labute approximate surface area is 141 Å². The van der Waals surface area contributed by atoms with E-state index in [0.29, 0.717) is 11.6 Å². The van der Waals surface area contributed by atoms with Crippen LogP contribution >= 0.6 is 0 Å². The standard InChI is InChI=1S/C18H21N5O/c1-3-17(24)23-11-7-5-8-14(23)18-20-13(2)12-16(22-18)21-15-9-4-6-10-19-15/h3-4,6,9-10,12,14H,1,5,7-8,11H2,2H3,(H,19,20,21,22). The number of piperidine rings is 1. The second-order valence-corrected chi connectivity index (χ2v) is 5.84. The van der Waals surface area contributed by atoms with Crippen molar-refractivity contribution < 1.29 is 4.79 Å². The Kier molecular flexibility index (Phi) is 4.84. The van der Waals surface area contributed by atoms with Gasteiger partial charge in [-0.15, -0.1) is 0 Å². The second-order valence-electron chi connectivity index (χ2n) is 5.84. The van der Waals surface area contributed by atoms with Gasteiger partial charge in [0.25, 0.3) is 0 Å². The monoisotopic (exact) mass is 323 g/mol. The molecule has 1 N–H and O–H groups in total. The van der Waals surface area contributed by atoms with Crippen molar-refractivity contribution in [3.63, 3.8) is 0 Å². The summed E-state index contributed by atoms with van der Waals surface area (Å²) >= 11 is 0. The van der Waals surface area contributed by atoms with E-state index in [1.54, 1.807) is 6.20 Å². The summed E-state index contributed by atoms with van der Waals surface area (Å²) in [5, 5.41) is 3.20. The topological polar surface area (TPSA) is 71.0 Å². The number of aryl methyl sites for hydroxylation is 1. The number of amides is 1. The molecule has 2 aromatic heterocycles. The van der Waals surface area contributed by atoms with Gasteiger partial charge < -0.3 is 10.2 Å². The number of pyridine rings is 1. The van der Waals surface area contributed by atoms with Gasteiger partial charge in [0.15, 0.2) is 5.82 Å². The molecule has 1 saturated heterocycles. The maximum Gasteiger partial charge on any atom is 0.246 e. The van der Waals surface area contributed by atoms with Crippen LogP contribution in [0.5, 0.6) is 0 Å². The summed E-state index contributed by atoms with van der Waals surface area (Å²) in [5.74, 6) is 2.02. The van der Waals surface area contributed by atoms with Crippen molar-refractivity contribution in [1.29, 1.82) is 0 Å². The van der Waals surface area contributed by atoms with Crippen molar-refractivity contribution in [2.75, 3.05) is 11.9 Å². The second kappa shape index (κ2) is 7.21. The molecule has 1 fully saturated rings. The lowest BCUT2D eigenvalue weighted by molar-refractivity contribution is -0.129. The fourth-order valence-corrected chi connectivity index (χ4v) is 2.95. The molecule has 0 aliphatic carbocycles. The lowest BCUT2D eigenvalue weighted by Gasteiger charge is -2.34. The first kappa shape index (κ1) is 16.1. The van der Waals surface area contributed by atoms with Gasteiger partial charge in [-0.1, -0.05) is 12.6 Å². The maximum atomic E-state index is 12.1. The van der Waals surface area contributed by atoms with Crippen molar-refractivity contribution in [3.8, 4) is 0 Å². The molecule has 0 spiro atoms. The highest BCUT2D eigenvalue weighted by molar-refractivity contribution is 5.87.